The monoisotopic (exact) mass is 465 g/mol. The lowest BCUT2D eigenvalue weighted by Gasteiger charge is -2.16. The van der Waals surface area contributed by atoms with Gasteiger partial charge >= 0.3 is 5.97 Å². The largest absolute Gasteiger partial charge is 0.442 e. The highest BCUT2D eigenvalue weighted by Gasteiger charge is 2.19. The van der Waals surface area contributed by atoms with Crippen LogP contribution >= 0.6 is 0 Å². The topological polar surface area (TPSA) is 101 Å². The molecule has 0 saturated heterocycles. The average Bonchev–Trinajstić information content (AvgIpc) is 3.26. The molecule has 0 aliphatic rings. The molecule has 35 heavy (non-hydrogen) atoms. The molecule has 1 amide bonds. The number of amides is 1. The van der Waals surface area contributed by atoms with Gasteiger partial charge in [-0.15, -0.1) is 0 Å². The summed E-state index contributed by atoms with van der Waals surface area (Å²) in [7, 11) is 1.66. The molecule has 0 N–H and O–H groups in total. The number of pyridine rings is 2. The number of carbonyl (C=O) groups is 2. The van der Waals surface area contributed by atoms with Gasteiger partial charge in [0.1, 0.15) is 5.65 Å². The van der Waals surface area contributed by atoms with Crippen molar-refractivity contribution in [3.63, 3.8) is 0 Å². The number of nitrogens with zero attached hydrogens (tertiary/aromatic N) is 5. The number of carbonyl (C=O) groups excluding carboxylic acids is 2. The number of rotatable bonds is 6. The van der Waals surface area contributed by atoms with Crippen LogP contribution in [-0.2, 0) is 14.3 Å². The van der Waals surface area contributed by atoms with Crippen LogP contribution in [0.4, 0.5) is 5.69 Å². The van der Waals surface area contributed by atoms with E-state index in [1.807, 2.05) is 30.5 Å². The number of hydrogen-bond acceptors (Lipinski definition) is 6. The van der Waals surface area contributed by atoms with E-state index >= 15 is 0 Å². The van der Waals surface area contributed by atoms with E-state index in [2.05, 4.69) is 22.6 Å². The number of esters is 1. The Morgan fingerprint density at radius 1 is 1.17 bits per heavy atom. The summed E-state index contributed by atoms with van der Waals surface area (Å²) < 4.78 is 7.20. The predicted octanol–water partition coefficient (Wildman–Crippen LogP) is 4.87. The number of fused-ring (bicyclic) bond motifs is 1. The Bertz CT molecular complexity index is 1500. The molecule has 0 bridgehead atoms. The second-order valence-electron chi connectivity index (χ2n) is 7.98. The molecule has 0 radical (unpaired) electrons. The molecule has 3 aromatic heterocycles. The Kier molecular flexibility index (Phi) is 6.42. The first kappa shape index (κ1) is 23.4. The minimum absolute atomic E-state index is 0.242. The van der Waals surface area contributed by atoms with Gasteiger partial charge in [0.15, 0.2) is 6.23 Å². The minimum atomic E-state index is -0.579. The third kappa shape index (κ3) is 4.66. The van der Waals surface area contributed by atoms with Crippen molar-refractivity contribution in [1.82, 2.24) is 14.5 Å². The summed E-state index contributed by atoms with van der Waals surface area (Å²) in [6, 6.07) is 13.3. The van der Waals surface area contributed by atoms with Crippen molar-refractivity contribution in [3.05, 3.63) is 79.4 Å². The fraction of sp³-hybridized carbons (Fsp3) is 0.148. The van der Waals surface area contributed by atoms with Crippen LogP contribution < -0.4 is 4.90 Å². The van der Waals surface area contributed by atoms with Crippen molar-refractivity contribution >= 4 is 28.6 Å². The summed E-state index contributed by atoms with van der Waals surface area (Å²) >= 11 is 0. The predicted molar refractivity (Wildman–Crippen MR) is 133 cm³/mol. The number of aromatic nitrogens is 3. The second-order valence-corrected chi connectivity index (χ2v) is 7.98. The molecular weight excluding hydrogens is 442 g/mol. The van der Waals surface area contributed by atoms with E-state index in [0.717, 1.165) is 27.6 Å². The highest BCUT2D eigenvalue weighted by Crippen LogP contribution is 2.35. The quantitative estimate of drug-likeness (QED) is 0.297. The van der Waals surface area contributed by atoms with Crippen LogP contribution in [0, 0.1) is 11.3 Å². The molecule has 3 heterocycles. The maximum absolute atomic E-state index is 12.0. The van der Waals surface area contributed by atoms with Gasteiger partial charge in [0.25, 0.3) is 0 Å². The van der Waals surface area contributed by atoms with Crippen LogP contribution in [0.3, 0.4) is 0 Å². The molecule has 4 aromatic rings. The summed E-state index contributed by atoms with van der Waals surface area (Å²) in [5.74, 6) is -0.640. The molecule has 4 rings (SSSR count). The van der Waals surface area contributed by atoms with Crippen LogP contribution in [0.15, 0.2) is 73.8 Å². The number of ether oxygens (including phenoxy) is 1. The minimum Gasteiger partial charge on any atom is -0.442 e. The normalized spacial score (nSPS) is 11.5. The molecule has 174 valence electrons. The van der Waals surface area contributed by atoms with Crippen molar-refractivity contribution in [2.24, 2.45) is 0 Å². The molecule has 1 aromatic carbocycles. The van der Waals surface area contributed by atoms with Gasteiger partial charge in [-0.2, -0.15) is 5.26 Å². The van der Waals surface area contributed by atoms with Crippen LogP contribution in [0.1, 0.15) is 25.6 Å². The summed E-state index contributed by atoms with van der Waals surface area (Å²) in [4.78, 5) is 34.1. The Morgan fingerprint density at radius 3 is 2.66 bits per heavy atom. The van der Waals surface area contributed by atoms with E-state index in [9.17, 15) is 14.9 Å². The summed E-state index contributed by atoms with van der Waals surface area (Å²) in [5.41, 5.74) is 5.03. The lowest BCUT2D eigenvalue weighted by Crippen LogP contribution is -2.23. The maximum atomic E-state index is 12.0. The SMILES string of the molecule is C=CC(=O)N(C)c1cncc(-c2cnc3c(c2)c(-c2cccc(C#N)c2)cn3C(C)OC(C)=O)c1. The number of benzene rings is 1. The number of nitriles is 1. The van der Waals surface area contributed by atoms with E-state index in [1.165, 1.54) is 17.9 Å². The van der Waals surface area contributed by atoms with Gasteiger partial charge in [-0.05, 0) is 42.8 Å². The summed E-state index contributed by atoms with van der Waals surface area (Å²) in [6.45, 7) is 6.66. The zero-order chi connectivity index (χ0) is 25.1. The average molecular weight is 466 g/mol. The van der Waals surface area contributed by atoms with E-state index in [4.69, 9.17) is 4.74 Å². The molecular formula is C27H23N5O3. The molecule has 8 heteroatoms. The lowest BCUT2D eigenvalue weighted by atomic mass is 10.0. The third-order valence-corrected chi connectivity index (χ3v) is 5.65. The summed E-state index contributed by atoms with van der Waals surface area (Å²) in [6.07, 6.45) is 7.56. The van der Waals surface area contributed by atoms with Gasteiger partial charge in [-0.25, -0.2) is 4.98 Å². The van der Waals surface area contributed by atoms with E-state index in [-0.39, 0.29) is 5.91 Å². The molecule has 0 spiro atoms. The first-order valence-electron chi connectivity index (χ1n) is 10.9. The third-order valence-electron chi connectivity index (χ3n) is 5.65. The van der Waals surface area contributed by atoms with Crippen molar-refractivity contribution in [2.75, 3.05) is 11.9 Å². The van der Waals surface area contributed by atoms with E-state index in [1.54, 1.807) is 49.3 Å². The number of hydrogen-bond donors (Lipinski definition) is 0. The lowest BCUT2D eigenvalue weighted by molar-refractivity contribution is -0.149. The molecule has 0 fully saturated rings. The van der Waals surface area contributed by atoms with Crippen LogP contribution in [0.25, 0.3) is 33.3 Å². The Labute approximate surface area is 202 Å². The van der Waals surface area contributed by atoms with Crippen LogP contribution in [0.2, 0.25) is 0 Å². The van der Waals surface area contributed by atoms with Gasteiger partial charge in [0, 0.05) is 54.6 Å². The second kappa shape index (κ2) is 9.61. The van der Waals surface area contributed by atoms with Gasteiger partial charge in [0.2, 0.25) is 5.91 Å². The fourth-order valence-electron chi connectivity index (χ4n) is 3.88. The van der Waals surface area contributed by atoms with Gasteiger partial charge in [-0.1, -0.05) is 18.7 Å². The Morgan fingerprint density at radius 2 is 1.94 bits per heavy atom. The van der Waals surface area contributed by atoms with E-state index < -0.39 is 12.2 Å². The van der Waals surface area contributed by atoms with E-state index in [0.29, 0.717) is 16.9 Å². The molecule has 8 nitrogen and oxygen atoms in total. The molecule has 0 aliphatic carbocycles. The molecule has 0 saturated carbocycles. The zero-order valence-corrected chi connectivity index (χ0v) is 19.6. The first-order valence-corrected chi connectivity index (χ1v) is 10.9. The maximum Gasteiger partial charge on any atom is 0.304 e. The van der Waals surface area contributed by atoms with Crippen molar-refractivity contribution in [3.8, 4) is 28.3 Å². The smallest absolute Gasteiger partial charge is 0.304 e. The standard InChI is InChI=1S/C27H23N5O3/c1-5-26(34)31(4)23-10-21(13-29-15-23)22-11-24-25(20-8-6-7-19(9-20)12-28)16-32(27(24)30-14-22)17(2)35-18(3)33/h5-11,13-17H,1H2,2-4H3. The zero-order valence-electron chi connectivity index (χ0n) is 19.6. The fourth-order valence-corrected chi connectivity index (χ4v) is 3.88. The molecule has 1 atom stereocenters. The van der Waals surface area contributed by atoms with Gasteiger partial charge in [0.05, 0.1) is 23.5 Å². The molecule has 0 aliphatic heterocycles. The van der Waals surface area contributed by atoms with Crippen LogP contribution in [-0.4, -0.2) is 33.5 Å². The van der Waals surface area contributed by atoms with Crippen molar-refractivity contribution < 1.29 is 14.3 Å². The van der Waals surface area contributed by atoms with Gasteiger partial charge < -0.3 is 9.64 Å². The molecule has 1 unspecified atom stereocenters. The Balaban J connectivity index is 1.89. The summed E-state index contributed by atoms with van der Waals surface area (Å²) in [5, 5.41) is 10.2. The van der Waals surface area contributed by atoms with Crippen molar-refractivity contribution in [1.29, 1.82) is 5.26 Å². The number of anilines is 1. The van der Waals surface area contributed by atoms with Gasteiger partial charge in [-0.3, -0.25) is 19.1 Å². The highest BCUT2D eigenvalue weighted by molar-refractivity contribution is 6.01. The Hall–Kier alpha value is -4.77. The first-order chi connectivity index (χ1) is 16.8. The van der Waals surface area contributed by atoms with Crippen molar-refractivity contribution in [2.45, 2.75) is 20.1 Å². The highest BCUT2D eigenvalue weighted by atomic mass is 16.6. The van der Waals surface area contributed by atoms with Crippen LogP contribution in [0.5, 0.6) is 0 Å². The number of likely N-dealkylation sites (N-methyl/N-ethyl adjacent to an activating group) is 1.